The van der Waals surface area contributed by atoms with Gasteiger partial charge in [-0.25, -0.2) is 9.59 Å². The van der Waals surface area contributed by atoms with Crippen LogP contribution in [0.5, 0.6) is 5.75 Å². The summed E-state index contributed by atoms with van der Waals surface area (Å²) in [7, 11) is 1.24. The Labute approximate surface area is 149 Å². The Hall–Kier alpha value is -2.24. The number of carbonyl (C=O) groups excluding carboxylic acids is 2. The van der Waals surface area contributed by atoms with Crippen LogP contribution < -0.4 is 4.74 Å². The minimum absolute atomic E-state index is 0.00665. The van der Waals surface area contributed by atoms with E-state index in [0.29, 0.717) is 15.8 Å². The smallest absolute Gasteiger partial charge is 0.339 e. The quantitative estimate of drug-likeness (QED) is 0.569. The van der Waals surface area contributed by atoms with Crippen molar-refractivity contribution in [1.29, 1.82) is 0 Å². The van der Waals surface area contributed by atoms with E-state index in [4.69, 9.17) is 32.7 Å². The van der Waals surface area contributed by atoms with E-state index in [2.05, 4.69) is 4.74 Å². The minimum atomic E-state index is -0.637. The first kappa shape index (κ1) is 18.1. The van der Waals surface area contributed by atoms with Crippen LogP contribution in [-0.2, 0) is 9.47 Å². The van der Waals surface area contributed by atoms with Crippen LogP contribution in [0.3, 0.4) is 0 Å². The van der Waals surface area contributed by atoms with E-state index in [1.807, 2.05) is 0 Å². The van der Waals surface area contributed by atoms with Gasteiger partial charge in [0, 0.05) is 5.02 Å². The SMILES string of the molecule is COC(=O)c1ccccc1C(=O)OCCOc1ccc(Cl)cc1Cl. The Balaban J connectivity index is 1.91. The largest absolute Gasteiger partial charge is 0.488 e. The summed E-state index contributed by atoms with van der Waals surface area (Å²) in [6.07, 6.45) is 0. The molecule has 0 spiro atoms. The number of methoxy groups -OCH3 is 1. The maximum Gasteiger partial charge on any atom is 0.339 e. The topological polar surface area (TPSA) is 61.8 Å². The Morgan fingerprint density at radius 1 is 0.958 bits per heavy atom. The Kier molecular flexibility index (Phi) is 6.46. The molecule has 0 aliphatic heterocycles. The molecule has 0 aliphatic rings. The van der Waals surface area contributed by atoms with Gasteiger partial charge in [-0.05, 0) is 30.3 Å². The van der Waals surface area contributed by atoms with Crippen molar-refractivity contribution in [3.8, 4) is 5.75 Å². The molecule has 126 valence electrons. The fourth-order valence-corrected chi connectivity index (χ4v) is 2.37. The van der Waals surface area contributed by atoms with Gasteiger partial charge >= 0.3 is 11.9 Å². The fraction of sp³-hybridized carbons (Fsp3) is 0.176. The highest BCUT2D eigenvalue weighted by Gasteiger charge is 2.18. The molecular formula is C17H14Cl2O5. The van der Waals surface area contributed by atoms with Crippen molar-refractivity contribution in [1.82, 2.24) is 0 Å². The third-order valence-corrected chi connectivity index (χ3v) is 3.55. The Morgan fingerprint density at radius 2 is 1.62 bits per heavy atom. The molecule has 2 rings (SSSR count). The van der Waals surface area contributed by atoms with Crippen molar-refractivity contribution in [2.24, 2.45) is 0 Å². The second kappa shape index (κ2) is 8.57. The lowest BCUT2D eigenvalue weighted by Crippen LogP contribution is -2.16. The number of hydrogen-bond acceptors (Lipinski definition) is 5. The second-order valence-corrected chi connectivity index (χ2v) is 5.44. The van der Waals surface area contributed by atoms with Crippen LogP contribution in [0.2, 0.25) is 10.0 Å². The third-order valence-electron chi connectivity index (χ3n) is 3.02. The van der Waals surface area contributed by atoms with Gasteiger partial charge in [0.15, 0.2) is 0 Å². The number of ether oxygens (including phenoxy) is 3. The van der Waals surface area contributed by atoms with E-state index in [9.17, 15) is 9.59 Å². The van der Waals surface area contributed by atoms with Crippen molar-refractivity contribution in [3.63, 3.8) is 0 Å². The van der Waals surface area contributed by atoms with Crippen LogP contribution in [0.1, 0.15) is 20.7 Å². The van der Waals surface area contributed by atoms with E-state index in [-0.39, 0.29) is 24.3 Å². The van der Waals surface area contributed by atoms with Crippen LogP contribution in [0.4, 0.5) is 0 Å². The van der Waals surface area contributed by atoms with Crippen molar-refractivity contribution in [3.05, 3.63) is 63.6 Å². The number of benzene rings is 2. The lowest BCUT2D eigenvalue weighted by molar-refractivity contribution is 0.0438. The zero-order chi connectivity index (χ0) is 17.5. The van der Waals surface area contributed by atoms with Crippen molar-refractivity contribution < 1.29 is 23.8 Å². The highest BCUT2D eigenvalue weighted by atomic mass is 35.5. The monoisotopic (exact) mass is 368 g/mol. The summed E-state index contributed by atoms with van der Waals surface area (Å²) in [6.45, 7) is 0.0980. The lowest BCUT2D eigenvalue weighted by Gasteiger charge is -2.10. The molecule has 2 aromatic rings. The predicted octanol–water partition coefficient (Wildman–Crippen LogP) is 4.02. The number of carbonyl (C=O) groups is 2. The van der Waals surface area contributed by atoms with Gasteiger partial charge in [0.2, 0.25) is 0 Å². The molecule has 0 bridgehead atoms. The average molecular weight is 369 g/mol. The van der Waals surface area contributed by atoms with Crippen LogP contribution in [-0.4, -0.2) is 32.3 Å². The molecule has 0 aliphatic carbocycles. The van der Waals surface area contributed by atoms with Crippen molar-refractivity contribution in [2.75, 3.05) is 20.3 Å². The molecule has 0 unspecified atom stereocenters. The average Bonchev–Trinajstić information content (AvgIpc) is 2.59. The Bertz CT molecular complexity index is 746. The van der Waals surface area contributed by atoms with Gasteiger partial charge in [-0.15, -0.1) is 0 Å². The Morgan fingerprint density at radius 3 is 2.25 bits per heavy atom. The molecule has 7 heteroatoms. The molecule has 0 saturated heterocycles. The zero-order valence-corrected chi connectivity index (χ0v) is 14.3. The van der Waals surface area contributed by atoms with Gasteiger partial charge in [-0.1, -0.05) is 35.3 Å². The molecule has 0 N–H and O–H groups in total. The molecule has 0 saturated carbocycles. The molecule has 0 aromatic heterocycles. The molecule has 0 amide bonds. The number of hydrogen-bond donors (Lipinski definition) is 0. The summed E-state index contributed by atoms with van der Waals surface area (Å²) < 4.78 is 15.2. The van der Waals surface area contributed by atoms with E-state index >= 15 is 0 Å². The molecule has 2 aromatic carbocycles. The predicted molar refractivity (Wildman–Crippen MR) is 90.0 cm³/mol. The first-order valence-electron chi connectivity index (χ1n) is 6.95. The summed E-state index contributed by atoms with van der Waals surface area (Å²) in [5.41, 5.74) is 0.278. The van der Waals surface area contributed by atoms with Gasteiger partial charge in [-0.3, -0.25) is 0 Å². The first-order valence-corrected chi connectivity index (χ1v) is 7.71. The molecule has 24 heavy (non-hydrogen) atoms. The van der Waals surface area contributed by atoms with Gasteiger partial charge in [0.25, 0.3) is 0 Å². The summed E-state index contributed by atoms with van der Waals surface area (Å²) >= 11 is 11.8. The maximum atomic E-state index is 12.1. The van der Waals surface area contributed by atoms with Gasteiger partial charge in [-0.2, -0.15) is 0 Å². The highest BCUT2D eigenvalue weighted by molar-refractivity contribution is 6.35. The van der Waals surface area contributed by atoms with Crippen LogP contribution >= 0.6 is 23.2 Å². The lowest BCUT2D eigenvalue weighted by atomic mass is 10.1. The van der Waals surface area contributed by atoms with Gasteiger partial charge in [0.1, 0.15) is 19.0 Å². The van der Waals surface area contributed by atoms with E-state index in [1.165, 1.54) is 19.2 Å². The fourth-order valence-electron chi connectivity index (χ4n) is 1.91. The standard InChI is InChI=1S/C17H14Cl2O5/c1-22-16(20)12-4-2-3-5-13(12)17(21)24-9-8-23-15-7-6-11(18)10-14(15)19/h2-7,10H,8-9H2,1H3. The number of esters is 2. The van der Waals surface area contributed by atoms with E-state index < -0.39 is 11.9 Å². The molecule has 0 fully saturated rings. The summed E-state index contributed by atoms with van der Waals surface area (Å²) in [5, 5.41) is 0.864. The van der Waals surface area contributed by atoms with E-state index in [1.54, 1.807) is 30.3 Å². The highest BCUT2D eigenvalue weighted by Crippen LogP contribution is 2.27. The van der Waals surface area contributed by atoms with Crippen molar-refractivity contribution >= 4 is 35.1 Å². The van der Waals surface area contributed by atoms with E-state index in [0.717, 1.165) is 0 Å². The van der Waals surface area contributed by atoms with Gasteiger partial charge in [0.05, 0.1) is 23.3 Å². The third kappa shape index (κ3) is 4.63. The molecule has 5 nitrogen and oxygen atoms in total. The van der Waals surface area contributed by atoms with Crippen LogP contribution in [0, 0.1) is 0 Å². The van der Waals surface area contributed by atoms with Crippen LogP contribution in [0.25, 0.3) is 0 Å². The van der Waals surface area contributed by atoms with Crippen molar-refractivity contribution in [2.45, 2.75) is 0 Å². The zero-order valence-electron chi connectivity index (χ0n) is 12.8. The molecule has 0 atom stereocenters. The number of rotatable bonds is 6. The second-order valence-electron chi connectivity index (χ2n) is 4.60. The summed E-state index contributed by atoms with van der Waals surface area (Å²) in [4.78, 5) is 23.7. The maximum absolute atomic E-state index is 12.1. The summed E-state index contributed by atoms with van der Waals surface area (Å²) in [6, 6.07) is 11.1. The first-order chi connectivity index (χ1) is 11.5. The molecule has 0 heterocycles. The molecular weight excluding hydrogens is 355 g/mol. The van der Waals surface area contributed by atoms with Gasteiger partial charge < -0.3 is 14.2 Å². The molecule has 0 radical (unpaired) electrons. The summed E-state index contributed by atoms with van der Waals surface area (Å²) in [5.74, 6) is -0.805. The van der Waals surface area contributed by atoms with Crippen LogP contribution in [0.15, 0.2) is 42.5 Å². The normalized spacial score (nSPS) is 10.1. The number of halogens is 2. The minimum Gasteiger partial charge on any atom is -0.488 e.